The second kappa shape index (κ2) is 56.5. The van der Waals surface area contributed by atoms with E-state index in [1.807, 2.05) is 6.08 Å². The van der Waals surface area contributed by atoms with Gasteiger partial charge in [-0.05, 0) is 77.0 Å². The molecule has 1 amide bonds. The van der Waals surface area contributed by atoms with Crippen LogP contribution in [0.4, 0.5) is 0 Å². The number of nitrogens with one attached hydrogen (secondary N) is 1. The second-order valence-electron chi connectivity index (χ2n) is 26.0. The fourth-order valence-electron chi connectivity index (χ4n) is 11.9. The number of rotatable bonds is 56. The molecule has 0 saturated carbocycles. The summed E-state index contributed by atoms with van der Waals surface area (Å²) in [6, 6.07) is -0.987. The van der Waals surface area contributed by atoms with Crippen LogP contribution in [0.5, 0.6) is 0 Å². The van der Waals surface area contributed by atoms with Gasteiger partial charge < -0.3 is 89.9 Å². The molecule has 17 unspecified atom stereocenters. The summed E-state index contributed by atoms with van der Waals surface area (Å²) in [6.45, 7) is 1.62. The van der Waals surface area contributed by atoms with Gasteiger partial charge in [-0.2, -0.15) is 0 Å². The van der Waals surface area contributed by atoms with Crippen molar-refractivity contribution in [1.29, 1.82) is 0 Å². The Labute approximate surface area is 571 Å². The Morgan fingerprint density at radius 1 is 0.389 bits per heavy atom. The van der Waals surface area contributed by atoms with Gasteiger partial charge in [-0.25, -0.2) is 0 Å². The van der Waals surface area contributed by atoms with Crippen molar-refractivity contribution in [2.75, 3.05) is 26.4 Å². The first kappa shape index (κ1) is 85.9. The molecule has 548 valence electrons. The molecule has 19 heteroatoms. The number of hydrogen-bond donors (Lipinski definition) is 12. The van der Waals surface area contributed by atoms with Crippen LogP contribution in [0.2, 0.25) is 0 Å². The van der Waals surface area contributed by atoms with Gasteiger partial charge in [0.15, 0.2) is 18.9 Å². The molecule has 0 aromatic heterocycles. The van der Waals surface area contributed by atoms with Crippen LogP contribution in [0.3, 0.4) is 0 Å². The lowest BCUT2D eigenvalue weighted by Crippen LogP contribution is -2.66. The van der Waals surface area contributed by atoms with Crippen LogP contribution in [-0.4, -0.2) is 193 Å². The third-order valence-electron chi connectivity index (χ3n) is 17.9. The first-order valence-corrected chi connectivity index (χ1v) is 37.0. The lowest BCUT2D eigenvalue weighted by Gasteiger charge is -2.48. The highest BCUT2D eigenvalue weighted by atomic mass is 16.8. The predicted molar refractivity (Wildman–Crippen MR) is 374 cm³/mol. The maximum Gasteiger partial charge on any atom is 0.220 e. The largest absolute Gasteiger partial charge is 0.394 e. The molecule has 12 N–H and O–H groups in total. The van der Waals surface area contributed by atoms with E-state index in [0.717, 1.165) is 116 Å². The van der Waals surface area contributed by atoms with E-state index in [9.17, 15) is 61.0 Å². The fraction of sp³-hybridized carbons (Fsp3) is 0.776. The minimum atomic E-state index is -1.98. The smallest absolute Gasteiger partial charge is 0.220 e. The lowest BCUT2D eigenvalue weighted by atomic mass is 9.96. The topological polar surface area (TPSA) is 307 Å². The molecule has 17 atom stereocenters. The quantitative estimate of drug-likeness (QED) is 0.0199. The second-order valence-corrected chi connectivity index (χ2v) is 26.0. The van der Waals surface area contributed by atoms with Gasteiger partial charge in [0, 0.05) is 6.42 Å². The first-order chi connectivity index (χ1) is 46.3. The highest BCUT2D eigenvalue weighted by Gasteiger charge is 2.53. The molecule has 0 bridgehead atoms. The van der Waals surface area contributed by atoms with Crippen molar-refractivity contribution in [1.82, 2.24) is 5.32 Å². The maximum absolute atomic E-state index is 13.4. The number of ether oxygens (including phenoxy) is 6. The van der Waals surface area contributed by atoms with Crippen LogP contribution in [-0.2, 0) is 33.2 Å². The van der Waals surface area contributed by atoms with Gasteiger partial charge >= 0.3 is 0 Å². The van der Waals surface area contributed by atoms with Gasteiger partial charge in [0.1, 0.15) is 73.2 Å². The lowest BCUT2D eigenvalue weighted by molar-refractivity contribution is -0.379. The number of hydrogen-bond acceptors (Lipinski definition) is 18. The zero-order chi connectivity index (χ0) is 68.9. The molecular weight excluding hydrogens is 1210 g/mol. The Kier molecular flexibility index (Phi) is 51.1. The summed E-state index contributed by atoms with van der Waals surface area (Å²) in [7, 11) is 0. The van der Waals surface area contributed by atoms with Crippen LogP contribution in [0.1, 0.15) is 245 Å². The molecule has 3 aliphatic rings. The molecule has 19 nitrogen and oxygen atoms in total. The number of carbonyl (C=O) groups excluding carboxylic acids is 1. The SMILES string of the molecule is CC/C=C\C/C=C\C/C=C\C/C=C\C/C=C\C/C=C\C/C=C\CCCCCCCCCC(=O)NC(COC1OC(CO)C(OC2OC(CO)C(OC3OC(CO)C(O)C(O)C3O)C(O)C2O)C(O)C1O)C(O)/C=C/CCCCCCCCCCCCCCCCCCCCC. The summed E-state index contributed by atoms with van der Waals surface area (Å²) in [4.78, 5) is 13.4. The Morgan fingerprint density at radius 2 is 0.726 bits per heavy atom. The molecule has 95 heavy (non-hydrogen) atoms. The van der Waals surface area contributed by atoms with E-state index >= 15 is 0 Å². The highest BCUT2D eigenvalue weighted by Crippen LogP contribution is 2.33. The standard InChI is InChI=1S/C76H131NO18/c1-3-5-7-9-11-13-15-17-19-21-23-25-26-27-28-29-30-31-32-34-36-38-40-42-44-46-48-50-52-54-64(82)77-59(60(81)53-51-49-47-45-43-41-39-37-35-33-24-22-20-18-16-14-12-10-8-6-4-2)58-90-74-70(88)67(85)72(62(56-79)92-74)95-76-71(89)68(86)73(63(57-80)93-76)94-75-69(87)66(84)65(83)61(55-78)91-75/h5,7,11,13,17,19,23,25,27-28,30-31,34,36,51,53,59-63,65-76,78-81,83-89H,3-4,6,8-10,12,14-16,18,20-22,24,26,29,32-33,35,37-50,52,54-58H2,1-2H3,(H,77,82)/b7-5-,13-11-,19-17-,25-23-,28-27-,31-30-,36-34-,53-51+. The molecule has 0 aromatic rings. The van der Waals surface area contributed by atoms with Gasteiger partial charge in [0.05, 0.1) is 38.6 Å². The van der Waals surface area contributed by atoms with Gasteiger partial charge in [-0.3, -0.25) is 4.79 Å². The third kappa shape index (κ3) is 37.6. The molecule has 0 radical (unpaired) electrons. The van der Waals surface area contributed by atoms with E-state index in [4.69, 9.17) is 28.4 Å². The molecule has 0 spiro atoms. The van der Waals surface area contributed by atoms with Crippen molar-refractivity contribution < 1.29 is 89.4 Å². The van der Waals surface area contributed by atoms with Crippen molar-refractivity contribution >= 4 is 5.91 Å². The molecule has 3 rings (SSSR count). The number of allylic oxidation sites excluding steroid dienone is 15. The predicted octanol–water partition coefficient (Wildman–Crippen LogP) is 10.8. The Bertz CT molecular complexity index is 2100. The number of aliphatic hydroxyl groups excluding tert-OH is 11. The normalized spacial score (nSPS) is 27.8. The average Bonchev–Trinajstić information content (AvgIpc) is 0.786. The maximum atomic E-state index is 13.4. The van der Waals surface area contributed by atoms with E-state index < -0.39 is 124 Å². The van der Waals surface area contributed by atoms with Crippen LogP contribution < -0.4 is 5.32 Å². The average molecular weight is 1350 g/mol. The summed E-state index contributed by atoms with van der Waals surface area (Å²) >= 11 is 0. The van der Waals surface area contributed by atoms with E-state index in [1.54, 1.807) is 6.08 Å². The fourth-order valence-corrected chi connectivity index (χ4v) is 11.9. The van der Waals surface area contributed by atoms with Gasteiger partial charge in [0.2, 0.25) is 5.91 Å². The van der Waals surface area contributed by atoms with Gasteiger partial charge in [-0.15, -0.1) is 0 Å². The Hall–Kier alpha value is -3.29. The van der Waals surface area contributed by atoms with Crippen LogP contribution in [0, 0.1) is 0 Å². The molecule has 3 fully saturated rings. The van der Waals surface area contributed by atoms with Crippen molar-refractivity contribution in [2.45, 2.75) is 349 Å². The Morgan fingerprint density at radius 3 is 1.14 bits per heavy atom. The third-order valence-corrected chi connectivity index (χ3v) is 17.9. The zero-order valence-corrected chi connectivity index (χ0v) is 58.1. The van der Waals surface area contributed by atoms with Gasteiger partial charge in [0.25, 0.3) is 0 Å². The van der Waals surface area contributed by atoms with Crippen LogP contribution in [0.15, 0.2) is 97.2 Å². The molecule has 3 aliphatic heterocycles. The van der Waals surface area contributed by atoms with E-state index in [1.165, 1.54) is 103 Å². The van der Waals surface area contributed by atoms with Crippen LogP contribution >= 0.6 is 0 Å². The number of aliphatic hydroxyl groups is 11. The van der Waals surface area contributed by atoms with Crippen molar-refractivity contribution in [3.63, 3.8) is 0 Å². The first-order valence-electron chi connectivity index (χ1n) is 37.0. The molecule has 0 aromatic carbocycles. The van der Waals surface area contributed by atoms with E-state index in [2.05, 4.69) is 104 Å². The molecular formula is C76H131NO18. The highest BCUT2D eigenvalue weighted by molar-refractivity contribution is 5.76. The molecule has 0 aliphatic carbocycles. The monoisotopic (exact) mass is 1350 g/mol. The summed E-state index contributed by atoms with van der Waals surface area (Å²) in [5.41, 5.74) is 0. The number of amides is 1. The molecule has 3 heterocycles. The van der Waals surface area contributed by atoms with Crippen molar-refractivity contribution in [3.8, 4) is 0 Å². The van der Waals surface area contributed by atoms with E-state index in [-0.39, 0.29) is 18.9 Å². The number of unbranched alkanes of at least 4 members (excludes halogenated alkanes) is 26. The van der Waals surface area contributed by atoms with Crippen molar-refractivity contribution in [3.05, 3.63) is 97.2 Å². The van der Waals surface area contributed by atoms with E-state index in [0.29, 0.717) is 6.42 Å². The molecule has 3 saturated heterocycles. The van der Waals surface area contributed by atoms with Gasteiger partial charge in [-0.1, -0.05) is 259 Å². The summed E-state index contributed by atoms with van der Waals surface area (Å²) < 4.78 is 34.4. The summed E-state index contributed by atoms with van der Waals surface area (Å²) in [5.74, 6) is -0.289. The minimum absolute atomic E-state index is 0.224. The summed E-state index contributed by atoms with van der Waals surface area (Å²) in [6.07, 6.45) is 48.0. The number of carbonyl (C=O) groups is 1. The van der Waals surface area contributed by atoms with Crippen molar-refractivity contribution in [2.24, 2.45) is 0 Å². The summed E-state index contributed by atoms with van der Waals surface area (Å²) in [5, 5.41) is 121. The van der Waals surface area contributed by atoms with Crippen LogP contribution in [0.25, 0.3) is 0 Å². The minimum Gasteiger partial charge on any atom is -0.394 e. The Balaban J connectivity index is 1.42. The zero-order valence-electron chi connectivity index (χ0n) is 58.1.